The summed E-state index contributed by atoms with van der Waals surface area (Å²) < 4.78 is 5.52. The summed E-state index contributed by atoms with van der Waals surface area (Å²) in [6.45, 7) is 5.95. The van der Waals surface area contributed by atoms with Crippen molar-refractivity contribution in [2.24, 2.45) is 5.41 Å². The number of hydrogen-bond acceptors (Lipinski definition) is 3. The highest BCUT2D eigenvalue weighted by molar-refractivity contribution is 6.13. The molecule has 3 nitrogen and oxygen atoms in total. The predicted octanol–water partition coefficient (Wildman–Crippen LogP) is 5.63. The van der Waals surface area contributed by atoms with Gasteiger partial charge in [-0.1, -0.05) is 97.1 Å². The van der Waals surface area contributed by atoms with E-state index in [1.165, 1.54) is 0 Å². The summed E-state index contributed by atoms with van der Waals surface area (Å²) in [5.74, 6) is -1.35. The van der Waals surface area contributed by atoms with Gasteiger partial charge in [0.2, 0.25) is 0 Å². The zero-order valence-electron chi connectivity index (χ0n) is 17.2. The highest BCUT2D eigenvalue weighted by Crippen LogP contribution is 2.44. The summed E-state index contributed by atoms with van der Waals surface area (Å²) in [7, 11) is 0. The zero-order valence-corrected chi connectivity index (χ0v) is 17.2. The Balaban J connectivity index is 2.25. The molecule has 0 aliphatic carbocycles. The first-order valence-corrected chi connectivity index (χ1v) is 10.1. The molecule has 3 heteroatoms. The van der Waals surface area contributed by atoms with Crippen molar-refractivity contribution in [2.75, 3.05) is 6.61 Å². The molecular weight excluding hydrogens is 372 g/mol. The summed E-state index contributed by atoms with van der Waals surface area (Å²) in [5.41, 5.74) is 0.740. The molecule has 0 fully saturated rings. The molecule has 0 amide bonds. The van der Waals surface area contributed by atoms with Gasteiger partial charge in [-0.05, 0) is 24.5 Å². The number of benzene rings is 3. The number of allylic oxidation sites excluding steroid dienone is 1. The van der Waals surface area contributed by atoms with Crippen molar-refractivity contribution in [1.29, 1.82) is 0 Å². The van der Waals surface area contributed by atoms with Crippen LogP contribution in [0.15, 0.2) is 104 Å². The molecule has 0 radical (unpaired) electrons. The van der Waals surface area contributed by atoms with Gasteiger partial charge in [-0.15, -0.1) is 6.58 Å². The molecule has 0 aliphatic heterocycles. The Labute approximate surface area is 178 Å². The van der Waals surface area contributed by atoms with Crippen LogP contribution in [0.4, 0.5) is 0 Å². The second kappa shape index (κ2) is 9.84. The fourth-order valence-electron chi connectivity index (χ4n) is 3.93. The first kappa shape index (κ1) is 21.3. The minimum atomic E-state index is -1.47. The van der Waals surface area contributed by atoms with Gasteiger partial charge in [0.25, 0.3) is 0 Å². The minimum absolute atomic E-state index is 0.191. The monoisotopic (exact) mass is 398 g/mol. The number of rotatable bonds is 9. The Morgan fingerprint density at radius 2 is 1.43 bits per heavy atom. The lowest BCUT2D eigenvalue weighted by molar-refractivity contribution is -0.153. The Morgan fingerprint density at radius 3 is 1.97 bits per heavy atom. The molecule has 0 saturated carbocycles. The smallest absolute Gasteiger partial charge is 0.321 e. The van der Waals surface area contributed by atoms with Crippen LogP contribution in [0.5, 0.6) is 0 Å². The number of ether oxygens (including phenoxy) is 1. The normalized spacial score (nSPS) is 13.6. The second-order valence-electron chi connectivity index (χ2n) is 7.17. The van der Waals surface area contributed by atoms with E-state index in [0.717, 1.165) is 11.1 Å². The number of esters is 1. The molecule has 3 aromatic rings. The van der Waals surface area contributed by atoms with Gasteiger partial charge in [-0.2, -0.15) is 0 Å². The van der Waals surface area contributed by atoms with Crippen LogP contribution in [0.1, 0.15) is 34.3 Å². The van der Waals surface area contributed by atoms with Crippen molar-refractivity contribution in [3.63, 3.8) is 0 Å². The third kappa shape index (κ3) is 4.25. The lowest BCUT2D eigenvalue weighted by atomic mass is 9.64. The molecule has 0 aliphatic rings. The first-order chi connectivity index (χ1) is 14.6. The Kier molecular flexibility index (Phi) is 6.97. The summed E-state index contributed by atoms with van der Waals surface area (Å²) >= 11 is 0. The fraction of sp³-hybridized carbons (Fsp3) is 0.185. The SMILES string of the molecule is C=C[C@@H](c1ccccc1)[C@@](Cc1ccccc1)(C(=O)OCC)C(=O)c1ccccc1. The van der Waals surface area contributed by atoms with Gasteiger partial charge in [0.15, 0.2) is 5.78 Å². The number of carbonyl (C=O) groups excluding carboxylic acids is 2. The van der Waals surface area contributed by atoms with Crippen LogP contribution < -0.4 is 0 Å². The molecule has 3 rings (SSSR count). The minimum Gasteiger partial charge on any atom is -0.465 e. The van der Waals surface area contributed by atoms with E-state index in [1.807, 2.05) is 66.7 Å². The molecule has 0 aromatic heterocycles. The largest absolute Gasteiger partial charge is 0.465 e. The Hall–Kier alpha value is -3.46. The van der Waals surface area contributed by atoms with E-state index in [-0.39, 0.29) is 18.8 Å². The molecule has 0 spiro atoms. The van der Waals surface area contributed by atoms with E-state index in [1.54, 1.807) is 37.3 Å². The average molecular weight is 399 g/mol. The molecule has 0 unspecified atom stereocenters. The van der Waals surface area contributed by atoms with Crippen molar-refractivity contribution in [2.45, 2.75) is 19.3 Å². The molecule has 0 heterocycles. The Bertz CT molecular complexity index is 980. The summed E-state index contributed by atoms with van der Waals surface area (Å²) in [6, 6.07) is 28.1. The predicted molar refractivity (Wildman–Crippen MR) is 119 cm³/mol. The third-order valence-electron chi connectivity index (χ3n) is 5.33. The molecule has 2 atom stereocenters. The van der Waals surface area contributed by atoms with Crippen molar-refractivity contribution in [1.82, 2.24) is 0 Å². The lowest BCUT2D eigenvalue weighted by Gasteiger charge is -2.36. The highest BCUT2D eigenvalue weighted by Gasteiger charge is 2.53. The van der Waals surface area contributed by atoms with Crippen LogP contribution in [0.2, 0.25) is 0 Å². The van der Waals surface area contributed by atoms with Crippen LogP contribution in [-0.4, -0.2) is 18.4 Å². The van der Waals surface area contributed by atoms with Crippen LogP contribution >= 0.6 is 0 Å². The maximum atomic E-state index is 14.0. The van der Waals surface area contributed by atoms with Crippen molar-refractivity contribution >= 4 is 11.8 Å². The van der Waals surface area contributed by atoms with Crippen LogP contribution in [-0.2, 0) is 16.0 Å². The van der Waals surface area contributed by atoms with E-state index in [0.29, 0.717) is 5.56 Å². The lowest BCUT2D eigenvalue weighted by Crippen LogP contribution is -2.47. The van der Waals surface area contributed by atoms with Gasteiger partial charge in [0.1, 0.15) is 5.41 Å². The molecular formula is C27H26O3. The van der Waals surface area contributed by atoms with Gasteiger partial charge < -0.3 is 4.74 Å². The highest BCUT2D eigenvalue weighted by atomic mass is 16.5. The maximum Gasteiger partial charge on any atom is 0.321 e. The van der Waals surface area contributed by atoms with Crippen molar-refractivity contribution in [3.05, 3.63) is 120 Å². The van der Waals surface area contributed by atoms with Crippen LogP contribution in [0.3, 0.4) is 0 Å². The van der Waals surface area contributed by atoms with Gasteiger partial charge >= 0.3 is 5.97 Å². The van der Waals surface area contributed by atoms with E-state index >= 15 is 0 Å². The average Bonchev–Trinajstić information content (AvgIpc) is 2.80. The number of carbonyl (C=O) groups is 2. The zero-order chi connectivity index (χ0) is 21.4. The first-order valence-electron chi connectivity index (χ1n) is 10.1. The van der Waals surface area contributed by atoms with E-state index in [2.05, 4.69) is 6.58 Å². The van der Waals surface area contributed by atoms with E-state index in [4.69, 9.17) is 4.74 Å². The molecule has 30 heavy (non-hydrogen) atoms. The summed E-state index contributed by atoms with van der Waals surface area (Å²) in [6.07, 6.45) is 1.90. The number of Topliss-reactive ketones (excluding diaryl/α,β-unsaturated/α-hetero) is 1. The summed E-state index contributed by atoms with van der Waals surface area (Å²) in [4.78, 5) is 27.6. The standard InChI is InChI=1S/C27H26O3/c1-3-24(22-16-10-6-11-17-22)27(26(29)30-4-2,20-21-14-8-5-9-15-21)25(28)23-18-12-7-13-19-23/h3,5-19,24H,1,4,20H2,2H3/t24-,27+/m0/s1. The molecule has 3 aromatic carbocycles. The third-order valence-corrected chi connectivity index (χ3v) is 5.33. The molecule has 0 N–H and O–H groups in total. The van der Waals surface area contributed by atoms with Crippen LogP contribution in [0.25, 0.3) is 0 Å². The van der Waals surface area contributed by atoms with E-state index in [9.17, 15) is 9.59 Å². The van der Waals surface area contributed by atoms with Gasteiger partial charge in [0, 0.05) is 11.5 Å². The number of hydrogen-bond donors (Lipinski definition) is 0. The molecule has 0 bridgehead atoms. The topological polar surface area (TPSA) is 43.4 Å². The van der Waals surface area contributed by atoms with Gasteiger partial charge in [-0.3, -0.25) is 9.59 Å². The molecule has 152 valence electrons. The van der Waals surface area contributed by atoms with E-state index < -0.39 is 17.3 Å². The maximum absolute atomic E-state index is 14.0. The molecule has 0 saturated heterocycles. The van der Waals surface area contributed by atoms with Gasteiger partial charge in [0.05, 0.1) is 6.61 Å². The summed E-state index contributed by atoms with van der Waals surface area (Å²) in [5, 5.41) is 0. The van der Waals surface area contributed by atoms with Gasteiger partial charge in [-0.25, -0.2) is 0 Å². The van der Waals surface area contributed by atoms with Crippen molar-refractivity contribution < 1.29 is 14.3 Å². The fourth-order valence-corrected chi connectivity index (χ4v) is 3.93. The Morgan fingerprint density at radius 1 is 0.900 bits per heavy atom. The second-order valence-corrected chi connectivity index (χ2v) is 7.17. The van der Waals surface area contributed by atoms with Crippen molar-refractivity contribution in [3.8, 4) is 0 Å². The number of ketones is 1. The quantitative estimate of drug-likeness (QED) is 0.203. The van der Waals surface area contributed by atoms with Crippen LogP contribution in [0, 0.1) is 5.41 Å².